The lowest BCUT2D eigenvalue weighted by molar-refractivity contribution is -0.137. The number of unbranched alkanes of at least 4 members (excludes halogenated alkanes) is 2. The van der Waals surface area contributed by atoms with Crippen molar-refractivity contribution in [1.29, 1.82) is 0 Å². The number of aliphatic imine (C=N–C) groups is 2. The highest BCUT2D eigenvalue weighted by Gasteiger charge is 2.30. The molecular weight excluding hydrogens is 321 g/mol. The third-order valence-corrected chi connectivity index (χ3v) is 3.33. The third-order valence-electron chi connectivity index (χ3n) is 3.33. The van der Waals surface area contributed by atoms with Gasteiger partial charge in [0.1, 0.15) is 0 Å². The van der Waals surface area contributed by atoms with Gasteiger partial charge >= 0.3 is 6.18 Å². The molecule has 0 radical (unpaired) electrons. The molecule has 1 aromatic rings. The van der Waals surface area contributed by atoms with E-state index in [1.54, 1.807) is 6.07 Å². The highest BCUT2D eigenvalue weighted by atomic mass is 19.4. The van der Waals surface area contributed by atoms with E-state index in [0.29, 0.717) is 18.5 Å². The Balaban J connectivity index is 2.73. The summed E-state index contributed by atoms with van der Waals surface area (Å²) < 4.78 is 38.5. The molecule has 1 rings (SSSR count). The van der Waals surface area contributed by atoms with E-state index in [1.807, 2.05) is 0 Å². The first-order chi connectivity index (χ1) is 11.2. The van der Waals surface area contributed by atoms with Crippen molar-refractivity contribution in [3.8, 4) is 0 Å². The Bertz CT molecular complexity index is 575. The van der Waals surface area contributed by atoms with Crippen molar-refractivity contribution < 1.29 is 13.2 Å². The quantitative estimate of drug-likeness (QED) is 0.326. The molecule has 6 nitrogen and oxygen atoms in total. The lowest BCUT2D eigenvalue weighted by atomic mass is 9.99. The summed E-state index contributed by atoms with van der Waals surface area (Å²) in [4.78, 5) is 7.92. The maximum absolute atomic E-state index is 12.8. The Morgan fingerprint density at radius 2 is 1.71 bits per heavy atom. The second kappa shape index (κ2) is 8.99. The van der Waals surface area contributed by atoms with Crippen LogP contribution in [0, 0.1) is 0 Å². The summed E-state index contributed by atoms with van der Waals surface area (Å²) in [5, 5.41) is 0. The van der Waals surface area contributed by atoms with E-state index in [4.69, 9.17) is 22.9 Å². The Labute approximate surface area is 138 Å². The fraction of sp³-hybridized carbons (Fsp3) is 0.467. The molecule has 0 heterocycles. The van der Waals surface area contributed by atoms with Crippen molar-refractivity contribution in [3.05, 3.63) is 35.4 Å². The first-order valence-electron chi connectivity index (χ1n) is 7.51. The SMILES string of the molecule is NC(N)=NCCCCCC(N=C(N)N)c1cccc(C(F)(F)F)c1. The average Bonchev–Trinajstić information content (AvgIpc) is 2.48. The summed E-state index contributed by atoms with van der Waals surface area (Å²) in [5.41, 5.74) is 21.0. The molecule has 0 fully saturated rings. The van der Waals surface area contributed by atoms with E-state index in [2.05, 4.69) is 9.98 Å². The highest BCUT2D eigenvalue weighted by molar-refractivity contribution is 5.76. The van der Waals surface area contributed by atoms with Gasteiger partial charge in [0.15, 0.2) is 11.9 Å². The molecule has 0 spiro atoms. The van der Waals surface area contributed by atoms with Gasteiger partial charge in [-0.2, -0.15) is 13.2 Å². The van der Waals surface area contributed by atoms with Gasteiger partial charge in [0.05, 0.1) is 11.6 Å². The minimum absolute atomic E-state index is 0.0392. The van der Waals surface area contributed by atoms with Crippen LogP contribution in [-0.4, -0.2) is 18.5 Å². The number of nitrogens with zero attached hydrogens (tertiary/aromatic N) is 2. The molecule has 1 atom stereocenters. The Hall–Kier alpha value is -2.45. The van der Waals surface area contributed by atoms with Crippen LogP contribution < -0.4 is 22.9 Å². The van der Waals surface area contributed by atoms with Crippen LogP contribution in [0.1, 0.15) is 42.9 Å². The first kappa shape index (κ1) is 19.6. The standard InChI is InChI=1S/C15H23F3N6/c16-15(17,18)11-6-4-5-10(9-11)12(24-14(21)22)7-2-1-3-8-23-13(19)20/h4-6,9,12H,1-3,7-8H2,(H4,19,20,23)(H4,21,22,24). The summed E-state index contributed by atoms with van der Waals surface area (Å²) in [6.45, 7) is 0.513. The monoisotopic (exact) mass is 344 g/mol. The number of benzene rings is 1. The molecular formula is C15H23F3N6. The number of hydrogen-bond donors (Lipinski definition) is 4. The smallest absolute Gasteiger partial charge is 0.370 e. The fourth-order valence-corrected chi connectivity index (χ4v) is 2.24. The predicted molar refractivity (Wildman–Crippen MR) is 89.1 cm³/mol. The van der Waals surface area contributed by atoms with E-state index < -0.39 is 17.8 Å². The van der Waals surface area contributed by atoms with Crippen molar-refractivity contribution in [1.82, 2.24) is 0 Å². The van der Waals surface area contributed by atoms with Crippen molar-refractivity contribution in [3.63, 3.8) is 0 Å². The molecule has 9 heteroatoms. The fourth-order valence-electron chi connectivity index (χ4n) is 2.24. The van der Waals surface area contributed by atoms with E-state index in [-0.39, 0.29) is 11.9 Å². The van der Waals surface area contributed by atoms with Crippen LogP contribution in [0.2, 0.25) is 0 Å². The molecule has 134 valence electrons. The molecule has 0 bridgehead atoms. The van der Waals surface area contributed by atoms with Crippen LogP contribution in [0.15, 0.2) is 34.3 Å². The van der Waals surface area contributed by atoms with Crippen molar-refractivity contribution >= 4 is 11.9 Å². The number of alkyl halides is 3. The average molecular weight is 344 g/mol. The summed E-state index contributed by atoms with van der Waals surface area (Å²) >= 11 is 0. The molecule has 24 heavy (non-hydrogen) atoms. The molecule has 0 amide bonds. The van der Waals surface area contributed by atoms with Gasteiger partial charge in [-0.05, 0) is 30.5 Å². The van der Waals surface area contributed by atoms with Gasteiger partial charge in [-0.1, -0.05) is 25.0 Å². The zero-order valence-corrected chi connectivity index (χ0v) is 13.3. The predicted octanol–water partition coefficient (Wildman–Crippen LogP) is 1.85. The minimum atomic E-state index is -4.40. The summed E-state index contributed by atoms with van der Waals surface area (Å²) in [5.74, 6) is -0.115. The van der Waals surface area contributed by atoms with E-state index in [0.717, 1.165) is 31.4 Å². The van der Waals surface area contributed by atoms with Gasteiger partial charge in [-0.3, -0.25) is 4.99 Å². The molecule has 0 saturated carbocycles. The molecule has 0 aliphatic rings. The molecule has 8 N–H and O–H groups in total. The minimum Gasteiger partial charge on any atom is -0.370 e. The maximum Gasteiger partial charge on any atom is 0.416 e. The summed E-state index contributed by atoms with van der Waals surface area (Å²) in [6.07, 6.45) is -1.56. The van der Waals surface area contributed by atoms with Crippen LogP contribution in [0.5, 0.6) is 0 Å². The largest absolute Gasteiger partial charge is 0.416 e. The zero-order valence-electron chi connectivity index (χ0n) is 13.3. The molecule has 0 aromatic heterocycles. The van der Waals surface area contributed by atoms with Crippen LogP contribution in [0.3, 0.4) is 0 Å². The zero-order chi connectivity index (χ0) is 18.2. The summed E-state index contributed by atoms with van der Waals surface area (Å²) in [6, 6.07) is 4.53. The maximum atomic E-state index is 12.8. The molecule has 1 aromatic carbocycles. The first-order valence-corrected chi connectivity index (χ1v) is 7.51. The Morgan fingerprint density at radius 3 is 2.29 bits per heavy atom. The summed E-state index contributed by atoms with van der Waals surface area (Å²) in [7, 11) is 0. The van der Waals surface area contributed by atoms with Crippen molar-refractivity contribution in [2.75, 3.05) is 6.54 Å². The van der Waals surface area contributed by atoms with Gasteiger partial charge in [-0.25, -0.2) is 4.99 Å². The number of hydrogen-bond acceptors (Lipinski definition) is 2. The molecule has 1 unspecified atom stereocenters. The van der Waals surface area contributed by atoms with Crippen molar-refractivity contribution in [2.24, 2.45) is 32.9 Å². The topological polar surface area (TPSA) is 129 Å². The molecule has 0 saturated heterocycles. The van der Waals surface area contributed by atoms with Crippen LogP contribution in [0.4, 0.5) is 13.2 Å². The van der Waals surface area contributed by atoms with Crippen LogP contribution in [-0.2, 0) is 6.18 Å². The van der Waals surface area contributed by atoms with E-state index >= 15 is 0 Å². The molecule has 0 aliphatic carbocycles. The highest BCUT2D eigenvalue weighted by Crippen LogP contribution is 2.32. The Kier molecular flexibility index (Phi) is 7.34. The van der Waals surface area contributed by atoms with Gasteiger partial charge in [0.2, 0.25) is 0 Å². The normalized spacial score (nSPS) is 12.5. The lowest BCUT2D eigenvalue weighted by Crippen LogP contribution is -2.24. The van der Waals surface area contributed by atoms with E-state index in [9.17, 15) is 13.2 Å². The lowest BCUT2D eigenvalue weighted by Gasteiger charge is -2.15. The molecule has 0 aliphatic heterocycles. The van der Waals surface area contributed by atoms with Gasteiger partial charge in [0.25, 0.3) is 0 Å². The van der Waals surface area contributed by atoms with Crippen LogP contribution >= 0.6 is 0 Å². The number of guanidine groups is 2. The second-order valence-corrected chi connectivity index (χ2v) is 5.35. The number of rotatable bonds is 8. The van der Waals surface area contributed by atoms with Gasteiger partial charge in [-0.15, -0.1) is 0 Å². The third kappa shape index (κ3) is 7.21. The second-order valence-electron chi connectivity index (χ2n) is 5.35. The van der Waals surface area contributed by atoms with Gasteiger partial charge in [0, 0.05) is 6.54 Å². The van der Waals surface area contributed by atoms with E-state index in [1.165, 1.54) is 6.07 Å². The van der Waals surface area contributed by atoms with Crippen LogP contribution in [0.25, 0.3) is 0 Å². The number of nitrogens with two attached hydrogens (primary N) is 4. The van der Waals surface area contributed by atoms with Gasteiger partial charge < -0.3 is 22.9 Å². The van der Waals surface area contributed by atoms with Crippen molar-refractivity contribution in [2.45, 2.75) is 37.9 Å². The number of halogens is 3. The Morgan fingerprint density at radius 1 is 1.00 bits per heavy atom.